The third kappa shape index (κ3) is 4.47. The second-order valence-electron chi connectivity index (χ2n) is 7.34. The lowest BCUT2D eigenvalue weighted by molar-refractivity contribution is -0.118. The molecule has 0 radical (unpaired) electrons. The van der Waals surface area contributed by atoms with Crippen LogP contribution >= 0.6 is 0 Å². The largest absolute Gasteiger partial charge is 0.492 e. The number of nitrogens with zero attached hydrogens (tertiary/aromatic N) is 1. The van der Waals surface area contributed by atoms with Gasteiger partial charge in [-0.05, 0) is 31.2 Å². The summed E-state index contributed by atoms with van der Waals surface area (Å²) < 4.78 is 43.5. The molecule has 0 bridgehead atoms. The molecule has 1 amide bonds. The lowest BCUT2D eigenvalue weighted by atomic mass is 10.0. The molecular formula is C22H24N2O7S. The van der Waals surface area contributed by atoms with Gasteiger partial charge in [0.15, 0.2) is 0 Å². The number of cyclic esters (lactones) is 1. The molecule has 170 valence electrons. The predicted octanol–water partition coefficient (Wildman–Crippen LogP) is 2.35. The van der Waals surface area contributed by atoms with E-state index in [0.29, 0.717) is 36.7 Å². The summed E-state index contributed by atoms with van der Waals surface area (Å²) in [5, 5.41) is 2.72. The zero-order valence-corrected chi connectivity index (χ0v) is 18.4. The first-order valence-electron chi connectivity index (χ1n) is 10.3. The first-order chi connectivity index (χ1) is 15.4. The number of rotatable bonds is 7. The molecule has 2 heterocycles. The molecule has 2 aromatic carbocycles. The molecule has 1 N–H and O–H groups in total. The Morgan fingerprint density at radius 2 is 1.94 bits per heavy atom. The number of anilines is 1. The summed E-state index contributed by atoms with van der Waals surface area (Å²) >= 11 is 0. The van der Waals surface area contributed by atoms with Crippen LogP contribution in [0.5, 0.6) is 5.75 Å². The molecule has 1 fully saturated rings. The van der Waals surface area contributed by atoms with Gasteiger partial charge in [-0.1, -0.05) is 18.2 Å². The molecular weight excluding hydrogens is 436 g/mol. The third-order valence-corrected chi connectivity index (χ3v) is 7.18. The van der Waals surface area contributed by atoms with Crippen LogP contribution in [-0.4, -0.2) is 57.5 Å². The monoisotopic (exact) mass is 460 g/mol. The van der Waals surface area contributed by atoms with Gasteiger partial charge in [-0.25, -0.2) is 13.2 Å². The van der Waals surface area contributed by atoms with E-state index in [1.165, 1.54) is 22.5 Å². The van der Waals surface area contributed by atoms with E-state index >= 15 is 0 Å². The Kier molecular flexibility index (Phi) is 6.45. The molecule has 32 heavy (non-hydrogen) atoms. The van der Waals surface area contributed by atoms with Gasteiger partial charge in [0, 0.05) is 18.7 Å². The summed E-state index contributed by atoms with van der Waals surface area (Å²) in [6.07, 6.45) is -0.802. The average molecular weight is 461 g/mol. The Morgan fingerprint density at radius 1 is 1.19 bits per heavy atom. The van der Waals surface area contributed by atoms with Crippen LogP contribution in [0.15, 0.2) is 47.4 Å². The van der Waals surface area contributed by atoms with Gasteiger partial charge in [0.1, 0.15) is 11.9 Å². The molecule has 0 saturated carbocycles. The van der Waals surface area contributed by atoms with Crippen molar-refractivity contribution in [3.8, 4) is 5.75 Å². The molecule has 2 aromatic rings. The smallest absolute Gasteiger partial charge is 0.339 e. The zero-order valence-electron chi connectivity index (χ0n) is 17.6. The van der Waals surface area contributed by atoms with E-state index in [4.69, 9.17) is 14.2 Å². The fraction of sp³-hybridized carbons (Fsp3) is 0.364. The van der Waals surface area contributed by atoms with Gasteiger partial charge in [-0.2, -0.15) is 4.31 Å². The molecule has 0 aromatic heterocycles. The second-order valence-corrected chi connectivity index (χ2v) is 9.28. The average Bonchev–Trinajstić information content (AvgIpc) is 3.11. The molecule has 1 saturated heterocycles. The second kappa shape index (κ2) is 9.27. The van der Waals surface area contributed by atoms with Gasteiger partial charge in [0.25, 0.3) is 0 Å². The highest BCUT2D eigenvalue weighted by Gasteiger charge is 2.32. The summed E-state index contributed by atoms with van der Waals surface area (Å²) in [6.45, 7) is 3.33. The van der Waals surface area contributed by atoms with Crippen molar-refractivity contribution in [1.29, 1.82) is 0 Å². The van der Waals surface area contributed by atoms with Crippen molar-refractivity contribution < 1.29 is 32.2 Å². The number of benzene rings is 2. The zero-order chi connectivity index (χ0) is 22.7. The highest BCUT2D eigenvalue weighted by molar-refractivity contribution is 7.89. The Labute approximate surface area is 186 Å². The highest BCUT2D eigenvalue weighted by atomic mass is 32.2. The van der Waals surface area contributed by atoms with Crippen LogP contribution in [-0.2, 0) is 24.3 Å². The molecule has 0 spiro atoms. The van der Waals surface area contributed by atoms with E-state index in [1.54, 1.807) is 31.2 Å². The highest BCUT2D eigenvalue weighted by Crippen LogP contribution is 2.34. The van der Waals surface area contributed by atoms with Gasteiger partial charge in [-0.3, -0.25) is 4.79 Å². The minimum atomic E-state index is -3.74. The Bertz CT molecular complexity index is 1130. The third-order valence-electron chi connectivity index (χ3n) is 5.28. The SMILES string of the molecule is CCOc1ccc(S(=O)(=O)N2CCOCC2)cc1NC(=O)CC1OC(=O)c2ccccc21. The normalized spacial score (nSPS) is 18.7. The van der Waals surface area contributed by atoms with Gasteiger partial charge in [0.2, 0.25) is 15.9 Å². The molecule has 0 aliphatic carbocycles. The number of carbonyl (C=O) groups is 2. The Morgan fingerprint density at radius 3 is 2.69 bits per heavy atom. The number of morpholine rings is 1. The van der Waals surface area contributed by atoms with Crippen molar-refractivity contribution in [2.45, 2.75) is 24.3 Å². The van der Waals surface area contributed by atoms with Crippen molar-refractivity contribution in [2.75, 3.05) is 38.2 Å². The summed E-state index contributed by atoms with van der Waals surface area (Å²) in [4.78, 5) is 24.8. The molecule has 2 aliphatic rings. The minimum absolute atomic E-state index is 0.0517. The maximum absolute atomic E-state index is 13.0. The van der Waals surface area contributed by atoms with Crippen molar-refractivity contribution in [3.63, 3.8) is 0 Å². The van der Waals surface area contributed by atoms with E-state index in [1.807, 2.05) is 0 Å². The number of hydrogen-bond acceptors (Lipinski definition) is 7. The first-order valence-corrected chi connectivity index (χ1v) is 11.8. The fourth-order valence-corrected chi connectivity index (χ4v) is 5.16. The van der Waals surface area contributed by atoms with Crippen LogP contribution in [0, 0.1) is 0 Å². The van der Waals surface area contributed by atoms with E-state index in [-0.39, 0.29) is 30.1 Å². The maximum atomic E-state index is 13.0. The van der Waals surface area contributed by atoms with Crippen molar-refractivity contribution >= 4 is 27.6 Å². The number of nitrogens with one attached hydrogen (secondary N) is 1. The molecule has 2 aliphatic heterocycles. The van der Waals surface area contributed by atoms with E-state index < -0.39 is 28.0 Å². The number of ether oxygens (including phenoxy) is 3. The quantitative estimate of drug-likeness (QED) is 0.632. The number of carbonyl (C=O) groups excluding carboxylic acids is 2. The molecule has 4 rings (SSSR count). The van der Waals surface area contributed by atoms with Crippen LogP contribution in [0.4, 0.5) is 5.69 Å². The molecule has 10 heteroatoms. The standard InChI is InChI=1S/C22H24N2O7S/c1-2-30-19-8-7-15(32(27,28)24-9-11-29-12-10-24)13-18(19)23-21(25)14-20-16-5-3-4-6-17(16)22(26)31-20/h3-8,13,20H,2,9-12,14H2,1H3,(H,23,25). The van der Waals surface area contributed by atoms with Gasteiger partial charge >= 0.3 is 5.97 Å². The number of sulfonamides is 1. The summed E-state index contributed by atoms with van der Waals surface area (Å²) in [5.74, 6) is -0.543. The van der Waals surface area contributed by atoms with Gasteiger partial charge < -0.3 is 19.5 Å². The van der Waals surface area contributed by atoms with E-state index in [2.05, 4.69) is 5.32 Å². The fourth-order valence-electron chi connectivity index (χ4n) is 3.73. The van der Waals surface area contributed by atoms with Crippen molar-refractivity contribution in [2.24, 2.45) is 0 Å². The van der Waals surface area contributed by atoms with Crippen LogP contribution in [0.3, 0.4) is 0 Å². The lowest BCUT2D eigenvalue weighted by Crippen LogP contribution is -2.40. The summed E-state index contributed by atoms with van der Waals surface area (Å²) in [5.41, 5.74) is 1.34. The molecule has 1 unspecified atom stereocenters. The Hall–Kier alpha value is -2.95. The van der Waals surface area contributed by atoms with Gasteiger partial charge in [0.05, 0.1) is 42.4 Å². The number of esters is 1. The maximum Gasteiger partial charge on any atom is 0.339 e. The van der Waals surface area contributed by atoms with Crippen LogP contribution in [0.1, 0.15) is 35.4 Å². The predicted molar refractivity (Wildman–Crippen MR) is 115 cm³/mol. The van der Waals surface area contributed by atoms with Crippen molar-refractivity contribution in [3.05, 3.63) is 53.6 Å². The molecule has 1 atom stereocenters. The number of fused-ring (bicyclic) bond motifs is 1. The van der Waals surface area contributed by atoms with Crippen molar-refractivity contribution in [1.82, 2.24) is 4.31 Å². The van der Waals surface area contributed by atoms with Crippen LogP contribution in [0.25, 0.3) is 0 Å². The summed E-state index contributed by atoms with van der Waals surface area (Å²) in [6, 6.07) is 11.3. The summed E-state index contributed by atoms with van der Waals surface area (Å²) in [7, 11) is -3.74. The number of amides is 1. The first kappa shape index (κ1) is 22.3. The van der Waals surface area contributed by atoms with E-state index in [0.717, 1.165) is 0 Å². The van der Waals surface area contributed by atoms with Crippen LogP contribution < -0.4 is 10.1 Å². The van der Waals surface area contributed by atoms with E-state index in [9.17, 15) is 18.0 Å². The number of hydrogen-bond donors (Lipinski definition) is 1. The van der Waals surface area contributed by atoms with Gasteiger partial charge in [-0.15, -0.1) is 0 Å². The minimum Gasteiger partial charge on any atom is -0.492 e. The topological polar surface area (TPSA) is 111 Å². The van der Waals surface area contributed by atoms with Crippen LogP contribution in [0.2, 0.25) is 0 Å². The Balaban J connectivity index is 1.55. The molecule has 9 nitrogen and oxygen atoms in total. The lowest BCUT2D eigenvalue weighted by Gasteiger charge is -2.26.